The molecule has 0 aliphatic rings. The van der Waals surface area contributed by atoms with Gasteiger partial charge in [-0.2, -0.15) is 0 Å². The first-order valence-electron chi connectivity index (χ1n) is 5.24. The highest BCUT2D eigenvalue weighted by atomic mass is 19.3. The average molecular weight is 266 g/mol. The highest BCUT2D eigenvalue weighted by Crippen LogP contribution is 2.18. The molecule has 0 radical (unpaired) electrons. The maximum atomic E-state index is 12.6. The summed E-state index contributed by atoms with van der Waals surface area (Å²) in [5.41, 5.74) is 0. The fraction of sp³-hybridized carbons (Fsp3) is 1.00. The average Bonchev–Trinajstić information content (AvgIpc) is 2.16. The van der Waals surface area contributed by atoms with E-state index >= 15 is 0 Å². The molecule has 0 rings (SSSR count). The van der Waals surface area contributed by atoms with Gasteiger partial charge in [-0.25, -0.2) is 26.3 Å². The third kappa shape index (κ3) is 7.46. The van der Waals surface area contributed by atoms with E-state index < -0.39 is 50.2 Å². The van der Waals surface area contributed by atoms with Gasteiger partial charge < -0.3 is 4.74 Å². The number of ether oxygens (including phenoxy) is 1. The largest absolute Gasteiger partial charge is 0.375 e. The monoisotopic (exact) mass is 266 g/mol. The van der Waals surface area contributed by atoms with Crippen molar-refractivity contribution in [2.24, 2.45) is 0 Å². The van der Waals surface area contributed by atoms with Crippen LogP contribution in [0.4, 0.5) is 26.3 Å². The number of halogens is 6. The minimum Gasteiger partial charge on any atom is -0.375 e. The third-order valence-electron chi connectivity index (χ3n) is 2.13. The topological polar surface area (TPSA) is 9.23 Å². The van der Waals surface area contributed by atoms with Gasteiger partial charge >= 0.3 is 0 Å². The summed E-state index contributed by atoms with van der Waals surface area (Å²) in [6, 6.07) is 0. The van der Waals surface area contributed by atoms with Gasteiger partial charge in [0.1, 0.15) is 0 Å². The van der Waals surface area contributed by atoms with E-state index in [4.69, 9.17) is 4.74 Å². The fourth-order valence-electron chi connectivity index (χ4n) is 1.35. The van der Waals surface area contributed by atoms with E-state index in [1.165, 1.54) is 13.8 Å². The van der Waals surface area contributed by atoms with Crippen molar-refractivity contribution in [3.8, 4) is 0 Å². The third-order valence-corrected chi connectivity index (χ3v) is 2.13. The highest BCUT2D eigenvalue weighted by Gasteiger charge is 2.26. The minimum atomic E-state index is -3.11. The summed E-state index contributed by atoms with van der Waals surface area (Å²) in [5.74, 6) is 0. The van der Waals surface area contributed by atoms with Crippen LogP contribution >= 0.6 is 0 Å². The summed E-state index contributed by atoms with van der Waals surface area (Å²) in [5, 5.41) is 0. The lowest BCUT2D eigenvalue weighted by atomic mass is 10.1. The van der Waals surface area contributed by atoms with Crippen LogP contribution in [0.25, 0.3) is 0 Å². The van der Waals surface area contributed by atoms with Gasteiger partial charge in [0, 0.05) is 12.8 Å². The fourth-order valence-corrected chi connectivity index (χ4v) is 1.35. The van der Waals surface area contributed by atoms with Crippen LogP contribution in [0.2, 0.25) is 0 Å². The predicted molar refractivity (Wildman–Crippen MR) is 51.0 cm³/mol. The summed E-state index contributed by atoms with van der Waals surface area (Å²) < 4.78 is 77.5. The smallest absolute Gasteiger partial charge is 0.269 e. The molecule has 0 aliphatic heterocycles. The van der Waals surface area contributed by atoms with Crippen molar-refractivity contribution < 1.29 is 31.1 Å². The normalized spacial score (nSPS) is 19.4. The molecule has 0 aliphatic carbocycles. The number of hydrogen-bond acceptors (Lipinski definition) is 1. The lowest BCUT2D eigenvalue weighted by molar-refractivity contribution is -0.0553. The van der Waals surface area contributed by atoms with Gasteiger partial charge in [0.15, 0.2) is 12.3 Å². The quantitative estimate of drug-likeness (QED) is 0.608. The van der Waals surface area contributed by atoms with Crippen LogP contribution in [0.3, 0.4) is 0 Å². The van der Waals surface area contributed by atoms with Gasteiger partial charge in [-0.05, 0) is 13.8 Å². The van der Waals surface area contributed by atoms with Gasteiger partial charge in [-0.3, -0.25) is 0 Å². The zero-order chi connectivity index (χ0) is 13.6. The molecule has 0 fully saturated rings. The Kier molecular flexibility index (Phi) is 7.58. The maximum Gasteiger partial charge on any atom is 0.269 e. The molecule has 0 N–H and O–H groups in total. The molecule has 0 spiro atoms. The lowest BCUT2D eigenvalue weighted by Crippen LogP contribution is -2.27. The molecule has 0 heterocycles. The number of alkyl halides is 6. The maximum absolute atomic E-state index is 12.6. The Labute approximate surface area is 96.1 Å². The van der Waals surface area contributed by atoms with Gasteiger partial charge in [0.2, 0.25) is 0 Å². The van der Waals surface area contributed by atoms with E-state index in [1.54, 1.807) is 0 Å². The first-order valence-corrected chi connectivity index (χ1v) is 5.24. The van der Waals surface area contributed by atoms with E-state index in [9.17, 15) is 26.3 Å². The number of rotatable bonds is 8. The first-order chi connectivity index (χ1) is 7.73. The first kappa shape index (κ1) is 16.5. The van der Waals surface area contributed by atoms with Crippen molar-refractivity contribution in [1.29, 1.82) is 0 Å². The Balaban J connectivity index is 3.91. The Hall–Kier alpha value is -0.460. The van der Waals surface area contributed by atoms with Crippen LogP contribution in [0.5, 0.6) is 0 Å². The molecular formula is C10H16F6O. The Bertz CT molecular complexity index is 181. The molecule has 0 aromatic rings. The number of hydrogen-bond donors (Lipinski definition) is 0. The second-order valence-corrected chi connectivity index (χ2v) is 3.93. The summed E-state index contributed by atoms with van der Waals surface area (Å²) in [7, 11) is 0. The lowest BCUT2D eigenvalue weighted by Gasteiger charge is -2.21. The van der Waals surface area contributed by atoms with Crippen LogP contribution in [0.1, 0.15) is 26.7 Å². The molecule has 1 nitrogen and oxygen atoms in total. The summed E-state index contributed by atoms with van der Waals surface area (Å²) in [6.45, 7) is 2.67. The zero-order valence-electron chi connectivity index (χ0n) is 9.55. The molecule has 0 saturated heterocycles. The Morgan fingerprint density at radius 1 is 0.706 bits per heavy atom. The van der Waals surface area contributed by atoms with Gasteiger partial charge in [-0.1, -0.05) is 0 Å². The minimum absolute atomic E-state index is 0.548. The van der Waals surface area contributed by atoms with E-state index in [2.05, 4.69) is 0 Å². The second kappa shape index (κ2) is 7.79. The molecule has 0 aromatic heterocycles. The molecule has 0 saturated carbocycles. The standard InChI is InChI=1S/C10H16F6O/c1-5(3-7(11)9(13)14)17-6(2)4-8(12)10(15)16/h5-10H,3-4H2,1-2H3. The van der Waals surface area contributed by atoms with Crippen molar-refractivity contribution in [1.82, 2.24) is 0 Å². The van der Waals surface area contributed by atoms with E-state index in [-0.39, 0.29) is 0 Å². The summed E-state index contributed by atoms with van der Waals surface area (Å²) in [4.78, 5) is 0. The summed E-state index contributed by atoms with van der Waals surface area (Å²) in [6.07, 6.45) is -13.7. The molecule has 104 valence electrons. The van der Waals surface area contributed by atoms with Crippen molar-refractivity contribution in [3.63, 3.8) is 0 Å². The molecule has 0 amide bonds. The van der Waals surface area contributed by atoms with Gasteiger partial charge in [0.05, 0.1) is 12.2 Å². The van der Waals surface area contributed by atoms with Crippen molar-refractivity contribution in [3.05, 3.63) is 0 Å². The molecule has 17 heavy (non-hydrogen) atoms. The Morgan fingerprint density at radius 2 is 1.00 bits per heavy atom. The molecular weight excluding hydrogens is 250 g/mol. The molecule has 0 bridgehead atoms. The van der Waals surface area contributed by atoms with Crippen molar-refractivity contribution in [2.75, 3.05) is 0 Å². The SMILES string of the molecule is CC(CC(F)C(F)F)OC(C)CC(F)C(F)F. The molecule has 4 unspecified atom stereocenters. The Morgan fingerprint density at radius 3 is 1.24 bits per heavy atom. The molecule has 4 atom stereocenters. The molecule has 7 heteroatoms. The van der Waals surface area contributed by atoms with Gasteiger partial charge in [0.25, 0.3) is 12.9 Å². The predicted octanol–water partition coefficient (Wildman–Crippen LogP) is 3.77. The van der Waals surface area contributed by atoms with E-state index in [1.807, 2.05) is 0 Å². The van der Waals surface area contributed by atoms with Crippen molar-refractivity contribution in [2.45, 2.75) is 64.1 Å². The van der Waals surface area contributed by atoms with E-state index in [0.29, 0.717) is 0 Å². The van der Waals surface area contributed by atoms with E-state index in [0.717, 1.165) is 0 Å². The van der Waals surface area contributed by atoms with Crippen LogP contribution in [0, 0.1) is 0 Å². The van der Waals surface area contributed by atoms with Crippen LogP contribution in [-0.4, -0.2) is 37.4 Å². The molecule has 0 aromatic carbocycles. The zero-order valence-corrected chi connectivity index (χ0v) is 9.55. The van der Waals surface area contributed by atoms with Crippen LogP contribution < -0.4 is 0 Å². The summed E-state index contributed by atoms with van der Waals surface area (Å²) >= 11 is 0. The van der Waals surface area contributed by atoms with Gasteiger partial charge in [-0.15, -0.1) is 0 Å². The highest BCUT2D eigenvalue weighted by molar-refractivity contribution is 4.68. The van der Waals surface area contributed by atoms with Crippen LogP contribution in [0.15, 0.2) is 0 Å². The van der Waals surface area contributed by atoms with Crippen molar-refractivity contribution >= 4 is 0 Å². The second-order valence-electron chi connectivity index (χ2n) is 3.93. The van der Waals surface area contributed by atoms with Crippen LogP contribution in [-0.2, 0) is 4.74 Å².